The number of aromatic hydroxyl groups is 1. The summed E-state index contributed by atoms with van der Waals surface area (Å²) in [6.07, 6.45) is 0. The summed E-state index contributed by atoms with van der Waals surface area (Å²) in [5, 5.41) is 9.92. The zero-order valence-electron chi connectivity index (χ0n) is 13.7. The van der Waals surface area contributed by atoms with Crippen molar-refractivity contribution in [1.29, 1.82) is 0 Å². The molecule has 1 N–H and O–H groups in total. The first-order valence-corrected chi connectivity index (χ1v) is 8.83. The molecule has 1 amide bonds. The Kier molecular flexibility index (Phi) is 5.31. The van der Waals surface area contributed by atoms with Gasteiger partial charge in [-0.3, -0.25) is 4.79 Å². The van der Waals surface area contributed by atoms with Crippen molar-refractivity contribution in [3.63, 3.8) is 0 Å². The molecule has 0 saturated carbocycles. The van der Waals surface area contributed by atoms with Crippen LogP contribution in [0.15, 0.2) is 53.4 Å². The van der Waals surface area contributed by atoms with Crippen molar-refractivity contribution < 1.29 is 23.1 Å². The topological polar surface area (TPSA) is 43.8 Å². The number of rotatable bonds is 3. The average molecular weight is 382 g/mol. The Morgan fingerprint density at radius 1 is 0.962 bits per heavy atom. The number of benzene rings is 2. The van der Waals surface area contributed by atoms with E-state index in [1.165, 1.54) is 24.3 Å². The maximum atomic E-state index is 12.5. The number of amides is 1. The number of hydrogen-bond acceptors (Lipinski definition) is 4. The van der Waals surface area contributed by atoms with E-state index in [0.29, 0.717) is 31.7 Å². The first-order chi connectivity index (χ1) is 12.3. The van der Waals surface area contributed by atoms with E-state index in [4.69, 9.17) is 0 Å². The van der Waals surface area contributed by atoms with Gasteiger partial charge in [0.2, 0.25) is 0 Å². The minimum Gasteiger partial charge on any atom is -0.506 e. The second-order valence-electron chi connectivity index (χ2n) is 5.84. The molecule has 0 radical (unpaired) electrons. The Morgan fingerprint density at radius 2 is 1.58 bits per heavy atom. The lowest BCUT2D eigenvalue weighted by Crippen LogP contribution is -2.48. The third-order valence-corrected chi connectivity index (χ3v) is 4.86. The molecule has 0 aliphatic carbocycles. The molecule has 8 heteroatoms. The number of para-hydroxylation sites is 2. The number of carbonyl (C=O) groups excluding carboxylic acids is 1. The molecule has 2 aromatic carbocycles. The third-order valence-electron chi connectivity index (χ3n) is 4.12. The molecule has 138 valence electrons. The van der Waals surface area contributed by atoms with Crippen LogP contribution in [0.25, 0.3) is 0 Å². The number of piperazine rings is 1. The zero-order valence-corrected chi connectivity index (χ0v) is 14.6. The van der Waals surface area contributed by atoms with Gasteiger partial charge in [0.05, 0.1) is 5.69 Å². The number of alkyl halides is 3. The van der Waals surface area contributed by atoms with E-state index >= 15 is 0 Å². The summed E-state index contributed by atoms with van der Waals surface area (Å²) in [4.78, 5) is 16.3. The Hall–Kier alpha value is -2.35. The monoisotopic (exact) mass is 382 g/mol. The summed E-state index contributed by atoms with van der Waals surface area (Å²) in [7, 11) is 0. The van der Waals surface area contributed by atoms with Crippen LogP contribution >= 0.6 is 11.8 Å². The molecule has 1 aliphatic rings. The van der Waals surface area contributed by atoms with Crippen LogP contribution in [-0.2, 0) is 0 Å². The second kappa shape index (κ2) is 7.49. The molecule has 1 saturated heterocycles. The summed E-state index contributed by atoms with van der Waals surface area (Å²) in [6.45, 7) is 2.11. The predicted octanol–water partition coefficient (Wildman–Crippen LogP) is 3.97. The zero-order chi connectivity index (χ0) is 18.7. The molecule has 0 unspecified atom stereocenters. The summed E-state index contributed by atoms with van der Waals surface area (Å²) in [5.74, 6) is -0.00415. The fourth-order valence-corrected chi connectivity index (χ4v) is 3.40. The van der Waals surface area contributed by atoms with E-state index in [1.54, 1.807) is 17.0 Å². The Bertz CT molecular complexity index is 773. The largest absolute Gasteiger partial charge is 0.506 e. The number of hydrogen-bond donors (Lipinski definition) is 1. The Balaban J connectivity index is 1.61. The van der Waals surface area contributed by atoms with Crippen LogP contribution in [0.2, 0.25) is 0 Å². The van der Waals surface area contributed by atoms with Crippen LogP contribution in [0.3, 0.4) is 0 Å². The minimum atomic E-state index is -4.34. The van der Waals surface area contributed by atoms with Gasteiger partial charge in [-0.1, -0.05) is 12.1 Å². The van der Waals surface area contributed by atoms with Crippen molar-refractivity contribution >= 4 is 23.4 Å². The lowest BCUT2D eigenvalue weighted by atomic mass is 10.1. The van der Waals surface area contributed by atoms with Crippen LogP contribution in [0, 0.1) is 0 Å². The average Bonchev–Trinajstić information content (AvgIpc) is 2.61. The molecule has 1 aliphatic heterocycles. The molecule has 1 fully saturated rings. The SMILES string of the molecule is O=C(c1ccc(SC(F)(F)F)cc1)N1CCN(c2ccccc2O)CC1. The smallest absolute Gasteiger partial charge is 0.446 e. The van der Waals surface area contributed by atoms with Gasteiger partial charge < -0.3 is 14.9 Å². The lowest BCUT2D eigenvalue weighted by molar-refractivity contribution is -0.0328. The van der Waals surface area contributed by atoms with Crippen LogP contribution in [0.5, 0.6) is 5.75 Å². The number of phenolic OH excluding ortho intramolecular Hbond substituents is 1. The summed E-state index contributed by atoms with van der Waals surface area (Å²) >= 11 is -0.199. The van der Waals surface area contributed by atoms with Gasteiger partial charge in [-0.25, -0.2) is 0 Å². The van der Waals surface area contributed by atoms with Gasteiger partial charge in [0.1, 0.15) is 5.75 Å². The third kappa shape index (κ3) is 4.43. The van der Waals surface area contributed by atoms with Gasteiger partial charge in [0.15, 0.2) is 0 Å². The molecule has 0 aromatic heterocycles. The number of anilines is 1. The first kappa shape index (κ1) is 18.4. The van der Waals surface area contributed by atoms with Gasteiger partial charge in [-0.05, 0) is 48.2 Å². The highest BCUT2D eigenvalue weighted by molar-refractivity contribution is 8.00. The number of thioether (sulfide) groups is 1. The van der Waals surface area contributed by atoms with Crippen molar-refractivity contribution in [3.05, 3.63) is 54.1 Å². The molecule has 0 bridgehead atoms. The van der Waals surface area contributed by atoms with E-state index in [9.17, 15) is 23.1 Å². The summed E-state index contributed by atoms with van der Waals surface area (Å²) in [5.41, 5.74) is -3.24. The van der Waals surface area contributed by atoms with Crippen molar-refractivity contribution in [1.82, 2.24) is 4.90 Å². The second-order valence-corrected chi connectivity index (χ2v) is 6.98. The van der Waals surface area contributed by atoms with Crippen molar-refractivity contribution in [3.8, 4) is 5.75 Å². The van der Waals surface area contributed by atoms with E-state index < -0.39 is 5.51 Å². The molecule has 2 aromatic rings. The predicted molar refractivity (Wildman–Crippen MR) is 94.6 cm³/mol. The van der Waals surface area contributed by atoms with E-state index in [0.717, 1.165) is 5.69 Å². The number of phenols is 1. The summed E-state index contributed by atoms with van der Waals surface area (Å²) < 4.78 is 37.1. The normalized spacial score (nSPS) is 15.2. The maximum absolute atomic E-state index is 12.5. The maximum Gasteiger partial charge on any atom is 0.446 e. The van der Waals surface area contributed by atoms with Gasteiger partial charge in [-0.2, -0.15) is 13.2 Å². The Labute approximate surface area is 153 Å². The van der Waals surface area contributed by atoms with Gasteiger partial charge in [0.25, 0.3) is 5.91 Å². The molecule has 4 nitrogen and oxygen atoms in total. The fourth-order valence-electron chi connectivity index (χ4n) is 2.86. The highest BCUT2D eigenvalue weighted by Gasteiger charge is 2.29. The molecule has 26 heavy (non-hydrogen) atoms. The van der Waals surface area contributed by atoms with Crippen LogP contribution < -0.4 is 4.90 Å². The van der Waals surface area contributed by atoms with E-state index in [1.807, 2.05) is 17.0 Å². The summed E-state index contributed by atoms with van der Waals surface area (Å²) in [6, 6.07) is 12.5. The molecule has 1 heterocycles. The first-order valence-electron chi connectivity index (χ1n) is 8.01. The van der Waals surface area contributed by atoms with Crippen LogP contribution in [-0.4, -0.2) is 47.6 Å². The standard InChI is InChI=1S/C18H17F3N2O2S/c19-18(20,21)26-14-7-5-13(6-8-14)17(25)23-11-9-22(10-12-23)15-3-1-2-4-16(15)24/h1-8,24H,9-12H2. The van der Waals surface area contributed by atoms with E-state index in [-0.39, 0.29) is 28.3 Å². The van der Waals surface area contributed by atoms with Crippen molar-refractivity contribution in [2.45, 2.75) is 10.4 Å². The highest BCUT2D eigenvalue weighted by atomic mass is 32.2. The van der Waals surface area contributed by atoms with Crippen LogP contribution in [0.1, 0.15) is 10.4 Å². The van der Waals surface area contributed by atoms with Gasteiger partial charge in [0, 0.05) is 36.6 Å². The molecule has 3 rings (SSSR count). The minimum absolute atomic E-state index is 0.0541. The van der Waals surface area contributed by atoms with Crippen LogP contribution in [0.4, 0.5) is 18.9 Å². The van der Waals surface area contributed by atoms with E-state index in [2.05, 4.69) is 0 Å². The Morgan fingerprint density at radius 3 is 2.15 bits per heavy atom. The molecular weight excluding hydrogens is 365 g/mol. The highest BCUT2D eigenvalue weighted by Crippen LogP contribution is 2.36. The number of carbonyl (C=O) groups is 1. The number of halogens is 3. The molecule has 0 atom stereocenters. The van der Waals surface area contributed by atoms with Gasteiger partial charge in [-0.15, -0.1) is 0 Å². The quantitative estimate of drug-likeness (QED) is 0.816. The lowest BCUT2D eigenvalue weighted by Gasteiger charge is -2.36. The number of nitrogens with zero attached hydrogens (tertiary/aromatic N) is 2. The van der Waals surface area contributed by atoms with Crippen molar-refractivity contribution in [2.75, 3.05) is 31.1 Å². The molecule has 0 spiro atoms. The van der Waals surface area contributed by atoms with Crippen molar-refractivity contribution in [2.24, 2.45) is 0 Å². The fraction of sp³-hybridized carbons (Fsp3) is 0.278. The van der Waals surface area contributed by atoms with Gasteiger partial charge >= 0.3 is 5.51 Å². The molecular formula is C18H17F3N2O2S.